The maximum atomic E-state index is 3.51. The minimum atomic E-state index is 0.945. The number of benzene rings is 2. The Kier molecular flexibility index (Phi) is 2.26. The summed E-state index contributed by atoms with van der Waals surface area (Å²) in [4.78, 5) is 1.39. The molecule has 0 fully saturated rings. The molecule has 0 N–H and O–H groups in total. The third-order valence-electron chi connectivity index (χ3n) is 2.59. The molecule has 0 unspecified atom stereocenters. The van der Waals surface area contributed by atoms with Crippen molar-refractivity contribution in [2.45, 2.75) is 5.33 Å². The van der Waals surface area contributed by atoms with Crippen LogP contribution in [0.15, 0.2) is 42.5 Å². The summed E-state index contributed by atoms with van der Waals surface area (Å²) in [6, 6.07) is 15.2. The minimum Gasteiger partial charge on any atom is -0.139 e. The monoisotopic (exact) mass is 276 g/mol. The lowest BCUT2D eigenvalue weighted by molar-refractivity contribution is 1.60. The van der Waals surface area contributed by atoms with Crippen LogP contribution in [0.1, 0.15) is 4.88 Å². The lowest BCUT2D eigenvalue weighted by atomic mass is 10.1. The number of halogens is 1. The average Bonchev–Trinajstić information content (AvgIpc) is 2.72. The van der Waals surface area contributed by atoms with Gasteiger partial charge in [-0.05, 0) is 22.2 Å². The summed E-state index contributed by atoms with van der Waals surface area (Å²) in [6.07, 6.45) is 0. The first-order valence-electron chi connectivity index (χ1n) is 4.84. The van der Waals surface area contributed by atoms with Crippen LogP contribution in [0.25, 0.3) is 20.9 Å². The zero-order chi connectivity index (χ0) is 10.3. The molecule has 0 atom stereocenters. The van der Waals surface area contributed by atoms with Crippen LogP contribution < -0.4 is 0 Å². The number of rotatable bonds is 1. The number of alkyl halides is 1. The van der Waals surface area contributed by atoms with E-state index in [4.69, 9.17) is 0 Å². The lowest BCUT2D eigenvalue weighted by Gasteiger charge is -1.97. The highest BCUT2D eigenvalue weighted by molar-refractivity contribution is 9.08. The smallest absolute Gasteiger partial charge is 0.0424 e. The highest BCUT2D eigenvalue weighted by Gasteiger charge is 2.04. The molecule has 2 aromatic carbocycles. The summed E-state index contributed by atoms with van der Waals surface area (Å²) in [7, 11) is 0. The van der Waals surface area contributed by atoms with Gasteiger partial charge in [0.2, 0.25) is 0 Å². The topological polar surface area (TPSA) is 0 Å². The molecule has 0 spiro atoms. The molecule has 0 radical (unpaired) electrons. The summed E-state index contributed by atoms with van der Waals surface area (Å²) >= 11 is 5.39. The van der Waals surface area contributed by atoms with E-state index in [-0.39, 0.29) is 0 Å². The van der Waals surface area contributed by atoms with E-state index in [2.05, 4.69) is 58.4 Å². The Hall–Kier alpha value is -0.860. The predicted molar refractivity (Wildman–Crippen MR) is 72.0 cm³/mol. The lowest BCUT2D eigenvalue weighted by Crippen LogP contribution is -1.70. The zero-order valence-electron chi connectivity index (χ0n) is 8.03. The van der Waals surface area contributed by atoms with Crippen molar-refractivity contribution < 1.29 is 0 Å². The fraction of sp³-hybridized carbons (Fsp3) is 0.0769. The van der Waals surface area contributed by atoms with Crippen molar-refractivity contribution in [2.75, 3.05) is 0 Å². The van der Waals surface area contributed by atoms with Crippen LogP contribution in [0.2, 0.25) is 0 Å². The fourth-order valence-electron chi connectivity index (χ4n) is 1.89. The van der Waals surface area contributed by atoms with Crippen molar-refractivity contribution in [3.63, 3.8) is 0 Å². The number of hydrogen-bond donors (Lipinski definition) is 0. The highest BCUT2D eigenvalue weighted by atomic mass is 79.9. The van der Waals surface area contributed by atoms with Gasteiger partial charge in [0.1, 0.15) is 0 Å². The van der Waals surface area contributed by atoms with Gasteiger partial charge >= 0.3 is 0 Å². The normalized spacial score (nSPS) is 11.3. The largest absolute Gasteiger partial charge is 0.139 e. The van der Waals surface area contributed by atoms with Gasteiger partial charge in [-0.3, -0.25) is 0 Å². The van der Waals surface area contributed by atoms with Crippen molar-refractivity contribution >= 4 is 48.1 Å². The molecule has 0 saturated carbocycles. The minimum absolute atomic E-state index is 0.945. The quantitative estimate of drug-likeness (QED) is 0.552. The molecule has 0 aliphatic heterocycles. The van der Waals surface area contributed by atoms with Gasteiger partial charge in [-0.2, -0.15) is 0 Å². The van der Waals surface area contributed by atoms with Crippen LogP contribution in [0.4, 0.5) is 0 Å². The molecule has 3 rings (SSSR count). The van der Waals surface area contributed by atoms with Crippen LogP contribution in [0, 0.1) is 0 Å². The fourth-order valence-corrected chi connectivity index (χ4v) is 3.44. The Morgan fingerprint density at radius 3 is 2.67 bits per heavy atom. The van der Waals surface area contributed by atoms with E-state index in [9.17, 15) is 0 Å². The summed E-state index contributed by atoms with van der Waals surface area (Å²) in [5.74, 6) is 0. The van der Waals surface area contributed by atoms with Gasteiger partial charge < -0.3 is 0 Å². The van der Waals surface area contributed by atoms with E-state index < -0.39 is 0 Å². The number of hydrogen-bond acceptors (Lipinski definition) is 1. The van der Waals surface area contributed by atoms with E-state index in [0.29, 0.717) is 0 Å². The van der Waals surface area contributed by atoms with Crippen LogP contribution in [0.5, 0.6) is 0 Å². The van der Waals surface area contributed by atoms with Gasteiger partial charge in [0, 0.05) is 14.9 Å². The van der Waals surface area contributed by atoms with Crippen molar-refractivity contribution in [1.82, 2.24) is 0 Å². The summed E-state index contributed by atoms with van der Waals surface area (Å²) < 4.78 is 1.41. The molecule has 0 aliphatic rings. The Labute approximate surface area is 101 Å². The first-order valence-corrected chi connectivity index (χ1v) is 6.78. The summed E-state index contributed by atoms with van der Waals surface area (Å²) in [6.45, 7) is 0. The molecule has 1 aromatic heterocycles. The van der Waals surface area contributed by atoms with Crippen LogP contribution in [-0.2, 0) is 5.33 Å². The van der Waals surface area contributed by atoms with E-state index in [1.54, 1.807) is 0 Å². The van der Waals surface area contributed by atoms with Crippen molar-refractivity contribution in [3.05, 3.63) is 47.3 Å². The van der Waals surface area contributed by atoms with E-state index in [1.165, 1.54) is 25.7 Å². The van der Waals surface area contributed by atoms with Crippen molar-refractivity contribution in [3.8, 4) is 0 Å². The maximum absolute atomic E-state index is 3.51. The first-order chi connectivity index (χ1) is 7.38. The average molecular weight is 277 g/mol. The second-order valence-corrected chi connectivity index (χ2v) is 5.25. The van der Waals surface area contributed by atoms with Crippen molar-refractivity contribution in [2.24, 2.45) is 0 Å². The zero-order valence-corrected chi connectivity index (χ0v) is 10.4. The van der Waals surface area contributed by atoms with Crippen LogP contribution in [-0.4, -0.2) is 0 Å². The first kappa shape index (κ1) is 9.37. The molecule has 0 nitrogen and oxygen atoms in total. The van der Waals surface area contributed by atoms with Gasteiger partial charge in [-0.1, -0.05) is 52.3 Å². The molecular formula is C13H9BrS. The van der Waals surface area contributed by atoms with E-state index in [0.717, 1.165) is 5.33 Å². The Bertz CT molecular complexity index is 625. The molecule has 15 heavy (non-hydrogen) atoms. The standard InChI is InChI=1S/C13H9BrS/c14-8-11-7-10-6-5-9-3-1-2-4-12(9)13(10)15-11/h1-7H,8H2. The second kappa shape index (κ2) is 3.62. The molecule has 1 heterocycles. The molecule has 2 heteroatoms. The molecule has 0 bridgehead atoms. The predicted octanol–water partition coefficient (Wildman–Crippen LogP) is 4.95. The van der Waals surface area contributed by atoms with Gasteiger partial charge in [0.05, 0.1) is 0 Å². The van der Waals surface area contributed by atoms with E-state index >= 15 is 0 Å². The molecule has 0 aliphatic carbocycles. The molecule has 0 amide bonds. The molecule has 3 aromatic rings. The van der Waals surface area contributed by atoms with Crippen LogP contribution in [0.3, 0.4) is 0 Å². The van der Waals surface area contributed by atoms with E-state index in [1.807, 2.05) is 11.3 Å². The third kappa shape index (κ3) is 1.48. The Morgan fingerprint density at radius 2 is 1.80 bits per heavy atom. The number of fused-ring (bicyclic) bond motifs is 3. The summed E-state index contributed by atoms with van der Waals surface area (Å²) in [5, 5.41) is 4.99. The second-order valence-electron chi connectivity index (χ2n) is 3.55. The van der Waals surface area contributed by atoms with Crippen LogP contribution >= 0.6 is 27.3 Å². The van der Waals surface area contributed by atoms with Gasteiger partial charge in [0.15, 0.2) is 0 Å². The molecular weight excluding hydrogens is 268 g/mol. The molecule has 0 saturated heterocycles. The highest BCUT2D eigenvalue weighted by Crippen LogP contribution is 2.33. The van der Waals surface area contributed by atoms with Gasteiger partial charge in [-0.15, -0.1) is 11.3 Å². The number of thiophene rings is 1. The SMILES string of the molecule is BrCc1cc2ccc3ccccc3c2s1. The summed E-state index contributed by atoms with van der Waals surface area (Å²) in [5.41, 5.74) is 0. The molecule has 74 valence electrons. The maximum Gasteiger partial charge on any atom is 0.0424 e. The Morgan fingerprint density at radius 1 is 1.00 bits per heavy atom. The Balaban J connectivity index is 2.47. The van der Waals surface area contributed by atoms with Crippen molar-refractivity contribution in [1.29, 1.82) is 0 Å². The van der Waals surface area contributed by atoms with Gasteiger partial charge in [-0.25, -0.2) is 0 Å². The third-order valence-corrected chi connectivity index (χ3v) is 4.75. The van der Waals surface area contributed by atoms with Gasteiger partial charge in [0.25, 0.3) is 0 Å².